The molecule has 0 aliphatic carbocycles. The van der Waals surface area contributed by atoms with Crippen LogP contribution < -0.4 is 11.1 Å². The van der Waals surface area contributed by atoms with Crippen molar-refractivity contribution in [1.82, 2.24) is 15.1 Å². The molecule has 0 unspecified atom stereocenters. The summed E-state index contributed by atoms with van der Waals surface area (Å²) < 4.78 is 55.7. The summed E-state index contributed by atoms with van der Waals surface area (Å²) in [4.78, 5) is 12.6. The highest BCUT2D eigenvalue weighted by Crippen LogP contribution is 2.32. The molecule has 31 heavy (non-hydrogen) atoms. The molecule has 1 aromatic heterocycles. The molecule has 0 spiro atoms. The van der Waals surface area contributed by atoms with Gasteiger partial charge in [0.05, 0.1) is 22.5 Å². The van der Waals surface area contributed by atoms with Crippen LogP contribution in [0.5, 0.6) is 0 Å². The van der Waals surface area contributed by atoms with Gasteiger partial charge in [-0.05, 0) is 36.2 Å². The van der Waals surface area contributed by atoms with Crippen LogP contribution in [0.25, 0.3) is 11.3 Å². The first kappa shape index (κ1) is 22.8. The molecule has 5 nitrogen and oxygen atoms in total. The Morgan fingerprint density at radius 3 is 2.55 bits per heavy atom. The van der Waals surface area contributed by atoms with Crippen molar-refractivity contribution in [3.8, 4) is 11.3 Å². The van der Waals surface area contributed by atoms with Gasteiger partial charge in [0.1, 0.15) is 5.82 Å². The van der Waals surface area contributed by atoms with E-state index in [1.54, 1.807) is 7.05 Å². The van der Waals surface area contributed by atoms with Gasteiger partial charge in [-0.3, -0.25) is 9.48 Å². The van der Waals surface area contributed by atoms with Crippen LogP contribution in [0.1, 0.15) is 21.5 Å². The summed E-state index contributed by atoms with van der Waals surface area (Å²) in [5, 5.41) is 6.78. The first-order chi connectivity index (χ1) is 14.6. The molecule has 0 bridgehead atoms. The molecular formula is C21H19ClF4N4O. The van der Waals surface area contributed by atoms with Crippen LogP contribution in [0.3, 0.4) is 0 Å². The van der Waals surface area contributed by atoms with Crippen molar-refractivity contribution in [3.63, 3.8) is 0 Å². The maximum atomic E-state index is 14.7. The van der Waals surface area contributed by atoms with Crippen molar-refractivity contribution in [2.45, 2.75) is 18.6 Å². The summed E-state index contributed by atoms with van der Waals surface area (Å²) in [7, 11) is 1.60. The zero-order chi connectivity index (χ0) is 22.8. The van der Waals surface area contributed by atoms with Gasteiger partial charge < -0.3 is 11.1 Å². The molecule has 3 rings (SSSR count). The Labute approximate surface area is 180 Å². The van der Waals surface area contributed by atoms with Gasteiger partial charge in [0.15, 0.2) is 0 Å². The molecule has 0 aliphatic rings. The smallest absolute Gasteiger partial charge is 0.348 e. The van der Waals surface area contributed by atoms with Crippen molar-refractivity contribution >= 4 is 17.5 Å². The third kappa shape index (κ3) is 5.05. The lowest BCUT2D eigenvalue weighted by molar-refractivity contribution is -0.138. The molecule has 1 amide bonds. The van der Waals surface area contributed by atoms with Crippen LogP contribution >= 0.6 is 11.6 Å². The fourth-order valence-corrected chi connectivity index (χ4v) is 3.53. The number of carbonyl (C=O) groups is 1. The van der Waals surface area contributed by atoms with Crippen molar-refractivity contribution in [1.29, 1.82) is 0 Å². The molecule has 2 aromatic carbocycles. The highest BCUT2D eigenvalue weighted by molar-refractivity contribution is 6.33. The van der Waals surface area contributed by atoms with E-state index >= 15 is 0 Å². The Morgan fingerprint density at radius 2 is 1.97 bits per heavy atom. The molecule has 0 aliphatic heterocycles. The number of aryl methyl sites for hydroxylation is 1. The zero-order valence-corrected chi connectivity index (χ0v) is 17.1. The van der Waals surface area contributed by atoms with E-state index in [1.807, 2.05) is 0 Å². The van der Waals surface area contributed by atoms with Gasteiger partial charge in [0.2, 0.25) is 0 Å². The maximum Gasteiger partial charge on any atom is 0.416 e. The van der Waals surface area contributed by atoms with Crippen LogP contribution in [-0.4, -0.2) is 28.3 Å². The average Bonchev–Trinajstić information content (AvgIpc) is 3.05. The van der Waals surface area contributed by atoms with Crippen LogP contribution in [0.4, 0.5) is 17.6 Å². The SMILES string of the molecule is Cn1ncc(Cl)c1-c1ccc(C(=O)N[C@@H](CN)Cc2ccccc2C(F)(F)F)cc1F. The predicted molar refractivity (Wildman–Crippen MR) is 109 cm³/mol. The van der Waals surface area contributed by atoms with E-state index in [2.05, 4.69) is 10.4 Å². The topological polar surface area (TPSA) is 72.9 Å². The number of alkyl halides is 3. The molecule has 0 saturated carbocycles. The minimum atomic E-state index is -4.52. The van der Waals surface area contributed by atoms with E-state index in [4.69, 9.17) is 17.3 Å². The molecule has 164 valence electrons. The van der Waals surface area contributed by atoms with E-state index in [0.717, 1.165) is 12.1 Å². The summed E-state index contributed by atoms with van der Waals surface area (Å²) >= 11 is 6.04. The third-order valence-electron chi connectivity index (χ3n) is 4.79. The monoisotopic (exact) mass is 454 g/mol. The lowest BCUT2D eigenvalue weighted by Gasteiger charge is -2.20. The number of hydrogen-bond acceptors (Lipinski definition) is 3. The van der Waals surface area contributed by atoms with Gasteiger partial charge in [0.25, 0.3) is 5.91 Å². The Hall–Kier alpha value is -2.91. The van der Waals surface area contributed by atoms with Gasteiger partial charge >= 0.3 is 6.18 Å². The van der Waals surface area contributed by atoms with Gasteiger partial charge in [-0.25, -0.2) is 4.39 Å². The van der Waals surface area contributed by atoms with Crippen LogP contribution in [0.15, 0.2) is 48.7 Å². The number of nitrogens with one attached hydrogen (secondary N) is 1. The van der Waals surface area contributed by atoms with Crippen molar-refractivity contribution in [2.24, 2.45) is 12.8 Å². The van der Waals surface area contributed by atoms with Crippen molar-refractivity contribution in [3.05, 3.63) is 76.2 Å². The first-order valence-electron chi connectivity index (χ1n) is 9.25. The number of nitrogens with two attached hydrogens (primary N) is 1. The number of aromatic nitrogens is 2. The number of carbonyl (C=O) groups excluding carboxylic acids is 1. The van der Waals surface area contributed by atoms with Gasteiger partial charge in [-0.1, -0.05) is 29.8 Å². The minimum Gasteiger partial charge on any atom is -0.348 e. The number of benzene rings is 2. The fraction of sp³-hybridized carbons (Fsp3) is 0.238. The number of nitrogens with zero attached hydrogens (tertiary/aromatic N) is 2. The molecule has 3 N–H and O–H groups in total. The van der Waals surface area contributed by atoms with Gasteiger partial charge in [0, 0.05) is 30.8 Å². The molecule has 1 atom stereocenters. The average molecular weight is 455 g/mol. The van der Waals surface area contributed by atoms with Crippen molar-refractivity contribution in [2.75, 3.05) is 6.54 Å². The van der Waals surface area contributed by atoms with Gasteiger partial charge in [-0.15, -0.1) is 0 Å². The lowest BCUT2D eigenvalue weighted by atomic mass is 9.99. The number of amides is 1. The highest BCUT2D eigenvalue weighted by atomic mass is 35.5. The summed E-state index contributed by atoms with van der Waals surface area (Å²) in [5.74, 6) is -1.34. The molecular weight excluding hydrogens is 436 g/mol. The third-order valence-corrected chi connectivity index (χ3v) is 5.07. The van der Waals surface area contributed by atoms with Crippen LogP contribution in [0.2, 0.25) is 5.02 Å². The Bertz CT molecular complexity index is 1080. The maximum absolute atomic E-state index is 14.7. The Balaban J connectivity index is 1.79. The molecule has 0 radical (unpaired) electrons. The molecule has 10 heteroatoms. The lowest BCUT2D eigenvalue weighted by Crippen LogP contribution is -2.42. The second-order valence-corrected chi connectivity index (χ2v) is 7.33. The Kier molecular flexibility index (Phi) is 6.66. The van der Waals surface area contributed by atoms with E-state index < -0.39 is 29.5 Å². The van der Waals surface area contributed by atoms with E-state index in [9.17, 15) is 22.4 Å². The van der Waals surface area contributed by atoms with Crippen LogP contribution in [0, 0.1) is 5.82 Å². The molecule has 0 saturated heterocycles. The van der Waals surface area contributed by atoms with E-state index in [-0.39, 0.29) is 34.7 Å². The first-order valence-corrected chi connectivity index (χ1v) is 9.63. The fourth-order valence-electron chi connectivity index (χ4n) is 3.26. The zero-order valence-electron chi connectivity index (χ0n) is 16.4. The minimum absolute atomic E-state index is 0.00194. The summed E-state index contributed by atoms with van der Waals surface area (Å²) in [6, 6.07) is 8.14. The quantitative estimate of drug-likeness (QED) is 0.548. The summed E-state index contributed by atoms with van der Waals surface area (Å²) in [6.45, 7) is -0.0941. The van der Waals surface area contributed by atoms with Gasteiger partial charge in [-0.2, -0.15) is 18.3 Å². The van der Waals surface area contributed by atoms with Crippen molar-refractivity contribution < 1.29 is 22.4 Å². The van der Waals surface area contributed by atoms with Crippen LogP contribution in [-0.2, 0) is 19.6 Å². The normalized spacial score (nSPS) is 12.6. The summed E-state index contributed by atoms with van der Waals surface area (Å²) in [6.07, 6.45) is -3.27. The standard InChI is InChI=1S/C21H19ClF4N4O/c1-30-19(17(22)11-28-30)15-7-6-13(9-18(15)23)20(31)29-14(10-27)8-12-4-2-3-5-16(12)21(24,25)26/h2-7,9,11,14H,8,10,27H2,1H3,(H,29,31)/t14-/m1/s1. The second kappa shape index (κ2) is 9.07. The molecule has 3 aromatic rings. The number of hydrogen-bond donors (Lipinski definition) is 2. The molecule has 1 heterocycles. The summed E-state index contributed by atoms with van der Waals surface area (Å²) in [5.41, 5.74) is 5.41. The number of rotatable bonds is 6. The van der Waals surface area contributed by atoms with E-state index in [1.165, 1.54) is 41.2 Å². The second-order valence-electron chi connectivity index (χ2n) is 6.92. The number of halogens is 5. The predicted octanol–water partition coefficient (Wildman–Crippen LogP) is 4.20. The highest BCUT2D eigenvalue weighted by Gasteiger charge is 2.33. The largest absolute Gasteiger partial charge is 0.416 e. The Morgan fingerprint density at radius 1 is 1.26 bits per heavy atom. The van der Waals surface area contributed by atoms with E-state index in [0.29, 0.717) is 5.69 Å². The molecule has 0 fully saturated rings.